The molecule has 0 heterocycles. The Kier molecular flexibility index (Phi) is 4.46. The first-order chi connectivity index (χ1) is 9.45. The lowest BCUT2D eigenvalue weighted by Gasteiger charge is -2.15. The lowest BCUT2D eigenvalue weighted by atomic mass is 10.1. The Balaban J connectivity index is 2.20. The predicted octanol–water partition coefficient (Wildman–Crippen LogP) is 4.21. The highest BCUT2D eigenvalue weighted by Crippen LogP contribution is 2.26. The van der Waals surface area contributed by atoms with Crippen molar-refractivity contribution in [2.24, 2.45) is 5.73 Å². The summed E-state index contributed by atoms with van der Waals surface area (Å²) >= 11 is 0. The molecule has 2 aromatic carbocycles. The summed E-state index contributed by atoms with van der Waals surface area (Å²) in [5.74, 6) is 0.888. The van der Waals surface area contributed by atoms with E-state index in [1.165, 1.54) is 22.3 Å². The van der Waals surface area contributed by atoms with E-state index in [0.717, 1.165) is 11.3 Å². The highest BCUT2D eigenvalue weighted by molar-refractivity contribution is 5.39. The molecule has 2 rings (SSSR count). The van der Waals surface area contributed by atoms with Crippen molar-refractivity contribution in [2.45, 2.75) is 40.3 Å². The van der Waals surface area contributed by atoms with Crippen LogP contribution >= 0.6 is 0 Å². The molecule has 0 fully saturated rings. The van der Waals surface area contributed by atoms with Crippen molar-refractivity contribution >= 4 is 0 Å². The number of ether oxygens (including phenoxy) is 1. The van der Waals surface area contributed by atoms with Crippen LogP contribution in [0.5, 0.6) is 5.75 Å². The van der Waals surface area contributed by atoms with Crippen LogP contribution in [-0.2, 0) is 6.61 Å². The summed E-state index contributed by atoms with van der Waals surface area (Å²) in [4.78, 5) is 0. The van der Waals surface area contributed by atoms with Gasteiger partial charge >= 0.3 is 0 Å². The van der Waals surface area contributed by atoms with Gasteiger partial charge in [-0.3, -0.25) is 0 Å². The molecule has 106 valence electrons. The Morgan fingerprint density at radius 2 is 1.60 bits per heavy atom. The molecule has 0 aliphatic carbocycles. The summed E-state index contributed by atoms with van der Waals surface area (Å²) in [6.07, 6.45) is 0. The lowest BCUT2D eigenvalue weighted by Crippen LogP contribution is -2.08. The summed E-state index contributed by atoms with van der Waals surface area (Å²) in [5, 5.41) is 0. The largest absolute Gasteiger partial charge is 0.489 e. The number of benzene rings is 2. The Bertz CT molecular complexity index is 582. The minimum absolute atomic E-state index is 0.0233. The van der Waals surface area contributed by atoms with Gasteiger partial charge in [-0.15, -0.1) is 0 Å². The summed E-state index contributed by atoms with van der Waals surface area (Å²) in [5.41, 5.74) is 12.0. The zero-order valence-electron chi connectivity index (χ0n) is 12.7. The van der Waals surface area contributed by atoms with Crippen molar-refractivity contribution in [3.8, 4) is 5.75 Å². The van der Waals surface area contributed by atoms with Gasteiger partial charge < -0.3 is 10.5 Å². The molecule has 1 atom stereocenters. The van der Waals surface area contributed by atoms with E-state index in [-0.39, 0.29) is 6.04 Å². The van der Waals surface area contributed by atoms with Crippen LogP contribution in [0.3, 0.4) is 0 Å². The average Bonchev–Trinajstić information content (AvgIpc) is 2.35. The zero-order valence-corrected chi connectivity index (χ0v) is 12.7. The van der Waals surface area contributed by atoms with Gasteiger partial charge in [0.2, 0.25) is 0 Å². The monoisotopic (exact) mass is 269 g/mol. The number of hydrogen-bond donors (Lipinski definition) is 1. The summed E-state index contributed by atoms with van der Waals surface area (Å²) in [6, 6.07) is 12.7. The number of rotatable bonds is 4. The second kappa shape index (κ2) is 6.10. The smallest absolute Gasteiger partial charge is 0.124 e. The molecule has 0 aromatic heterocycles. The number of nitrogens with two attached hydrogens (primary N) is 1. The van der Waals surface area contributed by atoms with Gasteiger partial charge in [0.05, 0.1) is 0 Å². The maximum Gasteiger partial charge on any atom is 0.124 e. The Morgan fingerprint density at radius 3 is 2.20 bits per heavy atom. The third-order valence-electron chi connectivity index (χ3n) is 3.34. The maximum absolute atomic E-state index is 6.00. The van der Waals surface area contributed by atoms with Gasteiger partial charge in [0, 0.05) is 11.6 Å². The fourth-order valence-electron chi connectivity index (χ4n) is 2.46. The summed E-state index contributed by atoms with van der Waals surface area (Å²) in [7, 11) is 0. The van der Waals surface area contributed by atoms with E-state index in [2.05, 4.69) is 57.2 Å². The molecular formula is C18H23NO. The molecular weight excluding hydrogens is 246 g/mol. The fourth-order valence-corrected chi connectivity index (χ4v) is 2.46. The molecule has 2 heteroatoms. The first kappa shape index (κ1) is 14.6. The van der Waals surface area contributed by atoms with Gasteiger partial charge in [-0.1, -0.05) is 41.5 Å². The van der Waals surface area contributed by atoms with Crippen molar-refractivity contribution in [1.82, 2.24) is 0 Å². The van der Waals surface area contributed by atoms with E-state index in [0.29, 0.717) is 6.61 Å². The molecule has 0 aliphatic heterocycles. The van der Waals surface area contributed by atoms with Gasteiger partial charge in [0.1, 0.15) is 12.4 Å². The SMILES string of the molecule is Cc1cc(C)cc(COc2cc(C)ccc2[C@H](C)N)c1. The molecule has 0 aliphatic rings. The fraction of sp³-hybridized carbons (Fsp3) is 0.333. The lowest BCUT2D eigenvalue weighted by molar-refractivity contribution is 0.301. The maximum atomic E-state index is 6.00. The van der Waals surface area contributed by atoms with Gasteiger partial charge in [-0.05, 0) is 44.9 Å². The van der Waals surface area contributed by atoms with E-state index in [1.54, 1.807) is 0 Å². The van der Waals surface area contributed by atoms with Crippen LogP contribution in [0.1, 0.15) is 40.8 Å². The first-order valence-corrected chi connectivity index (χ1v) is 7.02. The van der Waals surface area contributed by atoms with E-state index in [9.17, 15) is 0 Å². The molecule has 20 heavy (non-hydrogen) atoms. The van der Waals surface area contributed by atoms with Gasteiger partial charge in [0.15, 0.2) is 0 Å². The van der Waals surface area contributed by atoms with Crippen molar-refractivity contribution in [3.05, 3.63) is 64.2 Å². The van der Waals surface area contributed by atoms with E-state index < -0.39 is 0 Å². The molecule has 2 aromatic rings. The highest BCUT2D eigenvalue weighted by atomic mass is 16.5. The molecule has 0 spiro atoms. The molecule has 0 amide bonds. The normalized spacial score (nSPS) is 12.2. The molecule has 0 radical (unpaired) electrons. The number of hydrogen-bond acceptors (Lipinski definition) is 2. The van der Waals surface area contributed by atoms with Crippen LogP contribution < -0.4 is 10.5 Å². The second-order valence-electron chi connectivity index (χ2n) is 5.61. The Labute approximate surface area is 121 Å². The molecule has 2 N–H and O–H groups in total. The second-order valence-corrected chi connectivity index (χ2v) is 5.61. The standard InChI is InChI=1S/C18H23NO/c1-12-5-6-17(15(4)19)18(10-12)20-11-16-8-13(2)7-14(3)9-16/h5-10,15H,11,19H2,1-4H3/t15-/m0/s1. The third-order valence-corrected chi connectivity index (χ3v) is 3.34. The van der Waals surface area contributed by atoms with E-state index >= 15 is 0 Å². The minimum atomic E-state index is -0.0233. The van der Waals surface area contributed by atoms with Crippen molar-refractivity contribution in [3.63, 3.8) is 0 Å². The topological polar surface area (TPSA) is 35.2 Å². The highest BCUT2D eigenvalue weighted by Gasteiger charge is 2.08. The van der Waals surface area contributed by atoms with Crippen LogP contribution in [0.2, 0.25) is 0 Å². The Morgan fingerprint density at radius 1 is 0.950 bits per heavy atom. The summed E-state index contributed by atoms with van der Waals surface area (Å²) < 4.78 is 6.00. The molecule has 0 saturated heterocycles. The van der Waals surface area contributed by atoms with Crippen LogP contribution in [0.25, 0.3) is 0 Å². The van der Waals surface area contributed by atoms with E-state index in [1.807, 2.05) is 6.92 Å². The van der Waals surface area contributed by atoms with Crippen molar-refractivity contribution in [2.75, 3.05) is 0 Å². The third kappa shape index (κ3) is 3.61. The Hall–Kier alpha value is -1.80. The van der Waals surface area contributed by atoms with Crippen LogP contribution in [0.4, 0.5) is 0 Å². The summed E-state index contributed by atoms with van der Waals surface area (Å²) in [6.45, 7) is 8.84. The predicted molar refractivity (Wildman–Crippen MR) is 84.0 cm³/mol. The van der Waals surface area contributed by atoms with Gasteiger partial charge in [-0.2, -0.15) is 0 Å². The van der Waals surface area contributed by atoms with Gasteiger partial charge in [-0.25, -0.2) is 0 Å². The molecule has 0 saturated carbocycles. The zero-order chi connectivity index (χ0) is 14.7. The molecule has 0 bridgehead atoms. The quantitative estimate of drug-likeness (QED) is 0.902. The molecule has 0 unspecified atom stereocenters. The van der Waals surface area contributed by atoms with Gasteiger partial charge in [0.25, 0.3) is 0 Å². The van der Waals surface area contributed by atoms with Crippen LogP contribution in [0.15, 0.2) is 36.4 Å². The average molecular weight is 269 g/mol. The van der Waals surface area contributed by atoms with E-state index in [4.69, 9.17) is 10.5 Å². The number of aryl methyl sites for hydroxylation is 3. The van der Waals surface area contributed by atoms with Crippen LogP contribution in [-0.4, -0.2) is 0 Å². The van der Waals surface area contributed by atoms with Crippen molar-refractivity contribution < 1.29 is 4.74 Å². The first-order valence-electron chi connectivity index (χ1n) is 7.02. The minimum Gasteiger partial charge on any atom is -0.489 e. The molecule has 2 nitrogen and oxygen atoms in total. The van der Waals surface area contributed by atoms with Crippen LogP contribution in [0, 0.1) is 20.8 Å². The van der Waals surface area contributed by atoms with Crippen molar-refractivity contribution in [1.29, 1.82) is 0 Å².